The molecule has 10 nitrogen and oxygen atoms in total. The summed E-state index contributed by atoms with van der Waals surface area (Å²) in [5, 5.41) is 18.1. The van der Waals surface area contributed by atoms with Crippen molar-refractivity contribution < 1.29 is 27.5 Å². The molecule has 0 bridgehead atoms. The molecule has 2 aromatic rings. The van der Waals surface area contributed by atoms with Crippen LogP contribution >= 0.6 is 18.9 Å². The topological polar surface area (TPSA) is 164 Å². The van der Waals surface area contributed by atoms with Crippen LogP contribution in [-0.2, 0) is 14.6 Å². The van der Waals surface area contributed by atoms with Gasteiger partial charge in [0.1, 0.15) is 22.9 Å². The van der Waals surface area contributed by atoms with Gasteiger partial charge in [-0.3, -0.25) is 9.46 Å². The lowest BCUT2D eigenvalue weighted by atomic mass is 10.2. The van der Waals surface area contributed by atoms with Crippen molar-refractivity contribution in [1.29, 1.82) is 10.5 Å². The zero-order chi connectivity index (χ0) is 22.2. The van der Waals surface area contributed by atoms with Crippen LogP contribution in [-0.4, -0.2) is 55.6 Å². The van der Waals surface area contributed by atoms with Crippen molar-refractivity contribution in [2.45, 2.75) is 17.1 Å². The fraction of sp³-hybridized carbons (Fsp3) is 0.412. The van der Waals surface area contributed by atoms with Crippen LogP contribution in [0, 0.1) is 22.7 Å². The second kappa shape index (κ2) is 10.8. The highest BCUT2D eigenvalue weighted by Gasteiger charge is 2.22. The zero-order valence-electron chi connectivity index (χ0n) is 15.9. The molecule has 1 heterocycles. The molecule has 3 N–H and O–H groups in total. The van der Waals surface area contributed by atoms with E-state index < -0.39 is 23.9 Å². The number of fused-ring (bicyclic) bond motifs is 1. The van der Waals surface area contributed by atoms with Crippen LogP contribution in [0.2, 0.25) is 0 Å². The van der Waals surface area contributed by atoms with Crippen molar-refractivity contribution >= 4 is 39.0 Å². The van der Waals surface area contributed by atoms with Gasteiger partial charge in [-0.1, -0.05) is 0 Å². The Labute approximate surface area is 178 Å². The van der Waals surface area contributed by atoms with E-state index in [1.54, 1.807) is 18.2 Å². The van der Waals surface area contributed by atoms with Gasteiger partial charge in [-0.2, -0.15) is 15.2 Å². The number of sulfonamides is 1. The van der Waals surface area contributed by atoms with Gasteiger partial charge in [0.2, 0.25) is 0 Å². The molecule has 0 radical (unpaired) electrons. The van der Waals surface area contributed by atoms with Crippen molar-refractivity contribution in [3.05, 3.63) is 24.3 Å². The Hall–Kier alpha value is -2.02. The van der Waals surface area contributed by atoms with E-state index >= 15 is 0 Å². The number of benzene rings is 1. The van der Waals surface area contributed by atoms with Gasteiger partial charge in [0.25, 0.3) is 10.0 Å². The normalized spacial score (nSPS) is 12.0. The summed E-state index contributed by atoms with van der Waals surface area (Å²) in [5.74, 6) is 0.535. The van der Waals surface area contributed by atoms with E-state index in [-0.39, 0.29) is 4.21 Å². The Morgan fingerprint density at radius 3 is 2.40 bits per heavy atom. The van der Waals surface area contributed by atoms with Crippen LogP contribution < -0.4 is 9.46 Å². The van der Waals surface area contributed by atoms with Gasteiger partial charge in [-0.25, -0.2) is 8.42 Å². The number of nitrogens with zero attached hydrogens (tertiary/aromatic N) is 3. The minimum Gasteiger partial charge on any atom is -0.492 e. The van der Waals surface area contributed by atoms with Gasteiger partial charge in [-0.15, -0.1) is 11.3 Å². The Balaban J connectivity index is 2.02. The first-order chi connectivity index (χ1) is 14.1. The standard InChI is InChI=1S/C17H21N4O6PS2/c18-5-1-7-21(8-2-6-19)9-10-27-15-3-4-16-14(11-15)12-17(29-16)30(25,26)20-13-28(22,23)24/h3-4,11-12,20H,1-2,7-10,13H2,(H2,22,23,24). The Morgan fingerprint density at radius 1 is 1.13 bits per heavy atom. The van der Waals surface area contributed by atoms with Gasteiger partial charge in [0.15, 0.2) is 0 Å². The van der Waals surface area contributed by atoms with Crippen molar-refractivity contribution in [2.24, 2.45) is 0 Å². The lowest BCUT2D eigenvalue weighted by Gasteiger charge is -2.19. The van der Waals surface area contributed by atoms with Gasteiger partial charge in [0, 0.05) is 37.2 Å². The lowest BCUT2D eigenvalue weighted by molar-refractivity contribution is 0.214. The molecule has 0 aliphatic rings. The first kappa shape index (κ1) is 24.3. The first-order valence-corrected chi connectivity index (χ1v) is 12.9. The number of hydrogen-bond acceptors (Lipinski definition) is 8. The van der Waals surface area contributed by atoms with Crippen LogP contribution in [0.4, 0.5) is 0 Å². The lowest BCUT2D eigenvalue weighted by Crippen LogP contribution is -2.30. The average Bonchev–Trinajstić information content (AvgIpc) is 3.12. The first-order valence-electron chi connectivity index (χ1n) is 8.81. The zero-order valence-corrected chi connectivity index (χ0v) is 18.4. The molecule has 1 aromatic heterocycles. The molecular formula is C17H21N4O6PS2. The predicted octanol–water partition coefficient (Wildman–Crippen LogP) is 1.82. The van der Waals surface area contributed by atoms with Crippen LogP contribution in [0.1, 0.15) is 12.8 Å². The number of nitrogens with one attached hydrogen (secondary N) is 1. The summed E-state index contributed by atoms with van der Waals surface area (Å²) in [4.78, 5) is 19.7. The van der Waals surface area contributed by atoms with Crippen LogP contribution in [0.25, 0.3) is 10.1 Å². The van der Waals surface area contributed by atoms with E-state index in [1.165, 1.54) is 6.07 Å². The number of ether oxygens (including phenoxy) is 1. The van der Waals surface area contributed by atoms with Gasteiger partial charge in [-0.05, 0) is 29.7 Å². The van der Waals surface area contributed by atoms with Crippen LogP contribution in [0.3, 0.4) is 0 Å². The van der Waals surface area contributed by atoms with Gasteiger partial charge >= 0.3 is 7.60 Å². The van der Waals surface area contributed by atoms with Gasteiger partial charge < -0.3 is 14.5 Å². The molecule has 13 heteroatoms. The summed E-state index contributed by atoms with van der Waals surface area (Å²) in [7, 11) is -8.54. The van der Waals surface area contributed by atoms with Crippen molar-refractivity contribution in [3.8, 4) is 17.9 Å². The summed E-state index contributed by atoms with van der Waals surface area (Å²) in [6.07, 6.45) is -0.245. The summed E-state index contributed by atoms with van der Waals surface area (Å²) in [6.45, 7) is 1.97. The summed E-state index contributed by atoms with van der Waals surface area (Å²) in [6, 6.07) is 10.7. The van der Waals surface area contributed by atoms with Crippen molar-refractivity contribution in [3.63, 3.8) is 0 Å². The monoisotopic (exact) mass is 472 g/mol. The minimum absolute atomic E-state index is 0.0534. The maximum absolute atomic E-state index is 12.2. The maximum atomic E-state index is 12.2. The summed E-state index contributed by atoms with van der Waals surface area (Å²) in [5.41, 5.74) is 0. The Morgan fingerprint density at radius 2 is 1.80 bits per heavy atom. The molecule has 1 aromatic carbocycles. The van der Waals surface area contributed by atoms with E-state index in [0.717, 1.165) is 11.3 Å². The van der Waals surface area contributed by atoms with Crippen LogP contribution in [0.5, 0.6) is 5.75 Å². The molecule has 0 aliphatic carbocycles. The Kier molecular flexibility index (Phi) is 8.77. The number of rotatable bonds is 12. The minimum atomic E-state index is -4.51. The number of nitriles is 2. The Bertz CT molecular complexity index is 1080. The quantitative estimate of drug-likeness (QED) is 0.391. The molecule has 30 heavy (non-hydrogen) atoms. The van der Waals surface area contributed by atoms with E-state index in [1.807, 2.05) is 9.62 Å². The highest BCUT2D eigenvalue weighted by molar-refractivity contribution is 7.92. The third-order valence-electron chi connectivity index (χ3n) is 3.95. The van der Waals surface area contributed by atoms with E-state index in [9.17, 15) is 13.0 Å². The number of hydrogen-bond donors (Lipinski definition) is 3. The molecule has 0 aliphatic heterocycles. The smallest absolute Gasteiger partial charge is 0.340 e. The molecule has 0 amide bonds. The third-order valence-corrected chi connectivity index (χ3v) is 7.72. The van der Waals surface area contributed by atoms with Gasteiger partial charge in [0.05, 0.1) is 12.1 Å². The molecular weight excluding hydrogens is 451 g/mol. The second-order valence-electron chi connectivity index (χ2n) is 6.24. The molecule has 0 saturated heterocycles. The molecule has 2 rings (SSSR count). The summed E-state index contributed by atoms with van der Waals surface area (Å²) < 4.78 is 43.6. The predicted molar refractivity (Wildman–Crippen MR) is 111 cm³/mol. The van der Waals surface area contributed by atoms with E-state index in [0.29, 0.717) is 54.9 Å². The van der Waals surface area contributed by atoms with E-state index in [4.69, 9.17) is 25.0 Å². The summed E-state index contributed by atoms with van der Waals surface area (Å²) >= 11 is 0.982. The molecule has 0 saturated carbocycles. The van der Waals surface area contributed by atoms with Crippen molar-refractivity contribution in [2.75, 3.05) is 32.5 Å². The fourth-order valence-corrected chi connectivity index (χ4v) is 5.94. The number of thiophene rings is 1. The van der Waals surface area contributed by atoms with Crippen molar-refractivity contribution in [1.82, 2.24) is 9.62 Å². The SMILES string of the molecule is N#CCCN(CCC#N)CCOc1ccc2sc(S(=O)(=O)NCP(=O)(O)O)cc2c1. The third kappa shape index (κ3) is 7.67. The highest BCUT2D eigenvalue weighted by atomic mass is 32.2. The second-order valence-corrected chi connectivity index (χ2v) is 11.0. The molecule has 0 fully saturated rings. The molecule has 0 atom stereocenters. The molecule has 162 valence electrons. The van der Waals surface area contributed by atoms with Crippen LogP contribution in [0.15, 0.2) is 28.5 Å². The maximum Gasteiger partial charge on any atom is 0.340 e. The molecule has 0 unspecified atom stereocenters. The van der Waals surface area contributed by atoms with E-state index in [2.05, 4.69) is 12.1 Å². The largest absolute Gasteiger partial charge is 0.492 e. The average molecular weight is 472 g/mol. The molecule has 0 spiro atoms. The highest BCUT2D eigenvalue weighted by Crippen LogP contribution is 2.35. The fourth-order valence-electron chi connectivity index (χ4n) is 2.50.